The van der Waals surface area contributed by atoms with Crippen molar-refractivity contribution in [3.63, 3.8) is 0 Å². The van der Waals surface area contributed by atoms with E-state index >= 15 is 0 Å². The first-order valence-electron chi connectivity index (χ1n) is 4.40. The Bertz CT molecular complexity index is 349. The van der Waals surface area contributed by atoms with Crippen LogP contribution in [0.2, 0.25) is 0 Å². The minimum absolute atomic E-state index is 0.0551. The van der Waals surface area contributed by atoms with Crippen LogP contribution in [0.3, 0.4) is 0 Å². The summed E-state index contributed by atoms with van der Waals surface area (Å²) in [5, 5.41) is 0. The van der Waals surface area contributed by atoms with Crippen molar-refractivity contribution in [3.05, 3.63) is 0 Å². The molecule has 11 heteroatoms. The third-order valence-corrected chi connectivity index (χ3v) is 2.26. The second-order valence-corrected chi connectivity index (χ2v) is 7.33. The van der Waals surface area contributed by atoms with Crippen LogP contribution < -0.4 is 0 Å². The van der Waals surface area contributed by atoms with Crippen LogP contribution in [0.15, 0.2) is 9.98 Å². The minimum Gasteiger partial charge on any atom is -0.370 e. The monoisotopic (exact) mass is 388 g/mol. The van der Waals surface area contributed by atoms with Crippen molar-refractivity contribution < 1.29 is 14.3 Å². The number of hydrogen-bond donors (Lipinski definition) is 0. The zero-order chi connectivity index (χ0) is 15.1. The fourth-order valence-electron chi connectivity index (χ4n) is 0.560. The summed E-state index contributed by atoms with van der Waals surface area (Å²) in [5.74, 6) is -1.89. The molecule has 0 unspecified atom stereocenters. The number of halogens is 6. The summed E-state index contributed by atoms with van der Waals surface area (Å²) < 4.78 is 0.693. The molecule has 0 bridgehead atoms. The van der Waals surface area contributed by atoms with Gasteiger partial charge in [0, 0.05) is 12.4 Å². The number of nitrogens with zero attached hydrogens (tertiary/aromatic N) is 2. The molecule has 0 saturated heterocycles. The first-order valence-corrected chi connectivity index (χ1v) is 6.67. The zero-order valence-corrected chi connectivity index (χ0v) is 13.5. The van der Waals surface area contributed by atoms with Crippen molar-refractivity contribution in [2.45, 2.75) is 7.59 Å². The van der Waals surface area contributed by atoms with Crippen LogP contribution in [0, 0.1) is 0 Å². The number of alkyl halides is 6. The van der Waals surface area contributed by atoms with E-state index in [4.69, 9.17) is 74.3 Å². The molecule has 0 aromatic carbocycles. The van der Waals surface area contributed by atoms with Gasteiger partial charge < -0.3 is 4.74 Å². The molecular weight excluding hydrogens is 385 g/mol. The molecule has 0 N–H and O–H groups in total. The van der Waals surface area contributed by atoms with Crippen LogP contribution in [-0.4, -0.2) is 45.0 Å². The summed E-state index contributed by atoms with van der Waals surface area (Å²) in [6, 6.07) is 0. The van der Waals surface area contributed by atoms with E-state index in [2.05, 4.69) is 9.98 Å². The molecule has 0 aliphatic heterocycles. The lowest BCUT2D eigenvalue weighted by atomic mass is 10.6. The number of ether oxygens (including phenoxy) is 1. The number of amides is 2. The summed E-state index contributed by atoms with van der Waals surface area (Å²) in [7, 11) is 0. The lowest BCUT2D eigenvalue weighted by molar-refractivity contribution is -0.117. The minimum atomic E-state index is -2.10. The molecule has 0 atom stereocenters. The third kappa shape index (κ3) is 9.85. The largest absolute Gasteiger partial charge is 0.370 e. The maximum Gasteiger partial charge on any atom is 0.297 e. The van der Waals surface area contributed by atoms with Crippen LogP contribution in [0.1, 0.15) is 0 Å². The molecular formula is C8H6Cl6N2O3. The molecule has 0 spiro atoms. The fraction of sp³-hybridized carbons (Fsp3) is 0.500. The number of carbonyl (C=O) groups is 2. The smallest absolute Gasteiger partial charge is 0.297 e. The number of hydrogen-bond acceptors (Lipinski definition) is 3. The molecule has 0 aliphatic carbocycles. The molecule has 0 rings (SSSR count). The highest BCUT2D eigenvalue weighted by Crippen LogP contribution is 2.27. The van der Waals surface area contributed by atoms with E-state index in [1.54, 1.807) is 0 Å². The molecule has 0 heterocycles. The Kier molecular flexibility index (Phi) is 8.79. The molecule has 0 radical (unpaired) electrons. The lowest BCUT2D eigenvalue weighted by Gasteiger charge is -2.03. The maximum absolute atomic E-state index is 11.0. The Morgan fingerprint density at radius 2 is 1.16 bits per heavy atom. The first-order chi connectivity index (χ1) is 8.55. The molecule has 0 saturated carbocycles. The van der Waals surface area contributed by atoms with E-state index in [-0.39, 0.29) is 13.2 Å². The highest BCUT2D eigenvalue weighted by Gasteiger charge is 2.30. The number of rotatable bonds is 4. The average molecular weight is 391 g/mol. The highest BCUT2D eigenvalue weighted by atomic mass is 35.6. The van der Waals surface area contributed by atoms with E-state index in [1.807, 2.05) is 0 Å². The van der Waals surface area contributed by atoms with Crippen LogP contribution >= 0.6 is 69.6 Å². The van der Waals surface area contributed by atoms with Crippen molar-refractivity contribution >= 4 is 93.8 Å². The van der Waals surface area contributed by atoms with Crippen LogP contribution in [0.5, 0.6) is 0 Å². The highest BCUT2D eigenvalue weighted by molar-refractivity contribution is 6.76. The van der Waals surface area contributed by atoms with Crippen molar-refractivity contribution in [2.75, 3.05) is 13.2 Å². The third-order valence-electron chi connectivity index (χ3n) is 1.29. The van der Waals surface area contributed by atoms with E-state index < -0.39 is 19.4 Å². The van der Waals surface area contributed by atoms with Gasteiger partial charge in [0.15, 0.2) is 0 Å². The van der Waals surface area contributed by atoms with Crippen LogP contribution in [0.4, 0.5) is 0 Å². The standard InChI is InChI=1S/C8H6Cl6N2O3/c9-7(10,11)5(17)15-1-3-19-4-2-16-6(18)8(12,13)14/h1-2H,3-4H2. The molecule has 0 aromatic rings. The van der Waals surface area contributed by atoms with Gasteiger partial charge in [-0.15, -0.1) is 0 Å². The van der Waals surface area contributed by atoms with Crippen molar-refractivity contribution in [1.82, 2.24) is 0 Å². The molecule has 0 aliphatic rings. The van der Waals surface area contributed by atoms with Gasteiger partial charge in [0.05, 0.1) is 13.2 Å². The van der Waals surface area contributed by atoms with Gasteiger partial charge in [0.25, 0.3) is 19.4 Å². The van der Waals surface area contributed by atoms with E-state index in [9.17, 15) is 9.59 Å². The van der Waals surface area contributed by atoms with Gasteiger partial charge in [0.1, 0.15) is 0 Å². The molecule has 19 heavy (non-hydrogen) atoms. The van der Waals surface area contributed by atoms with Gasteiger partial charge in [-0.1, -0.05) is 69.6 Å². The predicted molar refractivity (Wildman–Crippen MR) is 78.4 cm³/mol. The van der Waals surface area contributed by atoms with Crippen LogP contribution in [-0.2, 0) is 14.3 Å². The van der Waals surface area contributed by atoms with Gasteiger partial charge >= 0.3 is 0 Å². The fourth-order valence-corrected chi connectivity index (χ4v) is 0.853. The normalized spacial score (nSPS) is 13.4. The van der Waals surface area contributed by atoms with Crippen molar-refractivity contribution in [1.29, 1.82) is 0 Å². The Morgan fingerprint density at radius 1 is 0.842 bits per heavy atom. The quantitative estimate of drug-likeness (QED) is 0.421. The SMILES string of the molecule is O=C(N=CCOCC=NC(=O)C(Cl)(Cl)Cl)C(Cl)(Cl)Cl. The first kappa shape index (κ1) is 19.4. The van der Waals surface area contributed by atoms with E-state index in [1.165, 1.54) is 0 Å². The second-order valence-electron chi connectivity index (χ2n) is 2.77. The molecule has 108 valence electrons. The summed E-state index contributed by atoms with van der Waals surface area (Å²) in [5.41, 5.74) is 0. The maximum atomic E-state index is 11.0. The van der Waals surface area contributed by atoms with E-state index in [0.717, 1.165) is 12.4 Å². The van der Waals surface area contributed by atoms with Gasteiger partial charge in [-0.05, 0) is 0 Å². The second kappa shape index (κ2) is 8.62. The van der Waals surface area contributed by atoms with E-state index in [0.29, 0.717) is 0 Å². The van der Waals surface area contributed by atoms with Crippen LogP contribution in [0.25, 0.3) is 0 Å². The van der Waals surface area contributed by atoms with Gasteiger partial charge in [0.2, 0.25) is 0 Å². The lowest BCUT2D eigenvalue weighted by Crippen LogP contribution is -2.17. The molecule has 2 amide bonds. The zero-order valence-electron chi connectivity index (χ0n) is 8.96. The Morgan fingerprint density at radius 3 is 1.42 bits per heavy atom. The molecule has 0 aromatic heterocycles. The predicted octanol–water partition coefficient (Wildman–Crippen LogP) is 2.94. The number of carbonyl (C=O) groups excluding carboxylic acids is 2. The van der Waals surface area contributed by atoms with Gasteiger partial charge in [-0.3, -0.25) is 9.59 Å². The van der Waals surface area contributed by atoms with Crippen molar-refractivity contribution in [2.24, 2.45) is 9.98 Å². The Labute approximate surface area is 138 Å². The van der Waals surface area contributed by atoms with Crippen molar-refractivity contribution in [3.8, 4) is 0 Å². The van der Waals surface area contributed by atoms with Gasteiger partial charge in [-0.25, -0.2) is 9.98 Å². The average Bonchev–Trinajstić information content (AvgIpc) is 2.24. The summed E-state index contributed by atoms with van der Waals surface area (Å²) >= 11 is 31.5. The topological polar surface area (TPSA) is 68.1 Å². The van der Waals surface area contributed by atoms with Gasteiger partial charge in [-0.2, -0.15) is 0 Å². The Hall–Kier alpha value is 0.380. The summed E-state index contributed by atoms with van der Waals surface area (Å²) in [6.07, 6.45) is 2.18. The molecule has 0 fully saturated rings. The number of aliphatic imine (C=N–C) groups is 2. The Balaban J connectivity index is 3.90. The summed E-state index contributed by atoms with van der Waals surface area (Å²) in [6.45, 7) is -0.110. The summed E-state index contributed by atoms with van der Waals surface area (Å²) in [4.78, 5) is 28.6. The molecule has 5 nitrogen and oxygen atoms in total.